The van der Waals surface area contributed by atoms with Crippen LogP contribution in [-0.2, 0) is 5.41 Å². The zero-order valence-electron chi connectivity index (χ0n) is 10.8. The van der Waals surface area contributed by atoms with E-state index < -0.39 is 0 Å². The van der Waals surface area contributed by atoms with Gasteiger partial charge in [-0.1, -0.05) is 20.8 Å². The molecule has 0 aliphatic heterocycles. The average molecular weight is 246 g/mol. The van der Waals surface area contributed by atoms with Gasteiger partial charge in [-0.25, -0.2) is 0 Å². The minimum Gasteiger partial charge on any atom is -0.497 e. The summed E-state index contributed by atoms with van der Waals surface area (Å²) in [6.07, 6.45) is 0. The molecule has 0 fully saturated rings. The quantitative estimate of drug-likeness (QED) is 0.745. The van der Waals surface area contributed by atoms with Crippen LogP contribution in [0.5, 0.6) is 5.75 Å². The zero-order chi connectivity index (χ0) is 12.5. The lowest BCUT2D eigenvalue weighted by Crippen LogP contribution is -2.07. The number of rotatable bonds is 2. The van der Waals surface area contributed by atoms with E-state index in [4.69, 9.17) is 4.74 Å². The van der Waals surface area contributed by atoms with E-state index in [0.29, 0.717) is 0 Å². The second kappa shape index (κ2) is 4.53. The van der Waals surface area contributed by atoms with Crippen molar-refractivity contribution in [3.05, 3.63) is 41.3 Å². The SMILES string of the molecule is COc1ccc(-c2ccc(C(C)(C)C)s2)cc1. The summed E-state index contributed by atoms with van der Waals surface area (Å²) in [5.41, 5.74) is 1.49. The van der Waals surface area contributed by atoms with Gasteiger partial charge in [0.15, 0.2) is 0 Å². The molecular weight excluding hydrogens is 228 g/mol. The third kappa shape index (κ3) is 2.70. The molecule has 0 spiro atoms. The van der Waals surface area contributed by atoms with E-state index in [1.165, 1.54) is 15.3 Å². The summed E-state index contributed by atoms with van der Waals surface area (Å²) in [6, 6.07) is 12.7. The van der Waals surface area contributed by atoms with Crippen LogP contribution < -0.4 is 4.74 Å². The third-order valence-corrected chi connectivity index (χ3v) is 4.28. The lowest BCUT2D eigenvalue weighted by atomic mass is 9.95. The molecule has 0 saturated heterocycles. The Bertz CT molecular complexity index is 488. The predicted octanol–water partition coefficient (Wildman–Crippen LogP) is 4.72. The van der Waals surface area contributed by atoms with Gasteiger partial charge in [-0.15, -0.1) is 11.3 Å². The van der Waals surface area contributed by atoms with Crippen LogP contribution in [0.4, 0.5) is 0 Å². The first-order chi connectivity index (χ1) is 8.00. The maximum Gasteiger partial charge on any atom is 0.118 e. The van der Waals surface area contributed by atoms with Gasteiger partial charge in [0.05, 0.1) is 7.11 Å². The third-order valence-electron chi connectivity index (χ3n) is 2.72. The van der Waals surface area contributed by atoms with Gasteiger partial charge < -0.3 is 4.74 Å². The second-order valence-electron chi connectivity index (χ2n) is 5.14. The van der Waals surface area contributed by atoms with Crippen molar-refractivity contribution in [1.82, 2.24) is 0 Å². The molecule has 1 aromatic heterocycles. The van der Waals surface area contributed by atoms with Crippen LogP contribution in [0.15, 0.2) is 36.4 Å². The van der Waals surface area contributed by atoms with Crippen molar-refractivity contribution in [3.8, 4) is 16.2 Å². The Morgan fingerprint density at radius 2 is 1.59 bits per heavy atom. The molecule has 0 atom stereocenters. The molecule has 2 rings (SSSR count). The topological polar surface area (TPSA) is 9.23 Å². The van der Waals surface area contributed by atoms with E-state index in [2.05, 4.69) is 45.0 Å². The van der Waals surface area contributed by atoms with E-state index in [0.717, 1.165) is 5.75 Å². The monoisotopic (exact) mass is 246 g/mol. The first-order valence-corrected chi connectivity index (χ1v) is 6.57. The van der Waals surface area contributed by atoms with Crippen molar-refractivity contribution in [2.45, 2.75) is 26.2 Å². The first-order valence-electron chi connectivity index (χ1n) is 5.75. The smallest absolute Gasteiger partial charge is 0.118 e. The van der Waals surface area contributed by atoms with E-state index in [1.54, 1.807) is 7.11 Å². The van der Waals surface area contributed by atoms with Crippen molar-refractivity contribution in [2.75, 3.05) is 7.11 Å². The molecule has 1 heterocycles. The number of ether oxygens (including phenoxy) is 1. The Labute approximate surface area is 107 Å². The van der Waals surface area contributed by atoms with Crippen LogP contribution in [0.25, 0.3) is 10.4 Å². The molecule has 2 heteroatoms. The minimum atomic E-state index is 0.232. The largest absolute Gasteiger partial charge is 0.497 e. The van der Waals surface area contributed by atoms with Gasteiger partial charge in [-0.3, -0.25) is 0 Å². The molecular formula is C15H18OS. The highest BCUT2D eigenvalue weighted by atomic mass is 32.1. The summed E-state index contributed by atoms with van der Waals surface area (Å²) >= 11 is 1.87. The summed E-state index contributed by atoms with van der Waals surface area (Å²) in [5.74, 6) is 0.904. The molecule has 0 radical (unpaired) electrons. The maximum atomic E-state index is 5.17. The van der Waals surface area contributed by atoms with Crippen LogP contribution in [0, 0.1) is 0 Å². The Morgan fingerprint density at radius 1 is 0.941 bits per heavy atom. The molecule has 0 N–H and O–H groups in total. The molecule has 0 aliphatic rings. The Kier molecular flexibility index (Phi) is 3.25. The lowest BCUT2D eigenvalue weighted by Gasteiger charge is -2.15. The van der Waals surface area contributed by atoms with E-state index >= 15 is 0 Å². The van der Waals surface area contributed by atoms with Crippen LogP contribution in [0.1, 0.15) is 25.6 Å². The van der Waals surface area contributed by atoms with E-state index in [1.807, 2.05) is 23.5 Å². The van der Waals surface area contributed by atoms with Crippen molar-refractivity contribution < 1.29 is 4.74 Å². The van der Waals surface area contributed by atoms with Crippen LogP contribution in [0.3, 0.4) is 0 Å². The van der Waals surface area contributed by atoms with Gasteiger partial charge in [0.1, 0.15) is 5.75 Å². The molecule has 1 nitrogen and oxygen atoms in total. The average Bonchev–Trinajstić information content (AvgIpc) is 2.78. The summed E-state index contributed by atoms with van der Waals surface area (Å²) < 4.78 is 5.17. The van der Waals surface area contributed by atoms with E-state index in [9.17, 15) is 0 Å². The number of methoxy groups -OCH3 is 1. The molecule has 90 valence electrons. The number of hydrogen-bond acceptors (Lipinski definition) is 2. The lowest BCUT2D eigenvalue weighted by molar-refractivity contribution is 0.415. The molecule has 0 unspecified atom stereocenters. The minimum absolute atomic E-state index is 0.232. The molecule has 0 amide bonds. The van der Waals surface area contributed by atoms with E-state index in [-0.39, 0.29) is 5.41 Å². The first kappa shape index (κ1) is 12.2. The fourth-order valence-corrected chi connectivity index (χ4v) is 2.72. The summed E-state index contributed by atoms with van der Waals surface area (Å²) in [4.78, 5) is 2.74. The Morgan fingerprint density at radius 3 is 2.06 bits per heavy atom. The molecule has 0 bridgehead atoms. The number of benzene rings is 1. The van der Waals surface area contributed by atoms with Gasteiger partial charge in [-0.05, 0) is 47.4 Å². The van der Waals surface area contributed by atoms with Crippen molar-refractivity contribution in [3.63, 3.8) is 0 Å². The van der Waals surface area contributed by atoms with Crippen molar-refractivity contribution in [2.24, 2.45) is 0 Å². The highest BCUT2D eigenvalue weighted by Gasteiger charge is 2.16. The summed E-state index contributed by atoms with van der Waals surface area (Å²) in [7, 11) is 1.69. The molecule has 2 aromatic rings. The Hall–Kier alpha value is -1.28. The number of thiophene rings is 1. The molecule has 1 aromatic carbocycles. The van der Waals surface area contributed by atoms with Gasteiger partial charge in [0.2, 0.25) is 0 Å². The highest BCUT2D eigenvalue weighted by Crippen LogP contribution is 2.35. The molecule has 0 saturated carbocycles. The van der Waals surface area contributed by atoms with Gasteiger partial charge in [0, 0.05) is 9.75 Å². The van der Waals surface area contributed by atoms with Gasteiger partial charge in [0.25, 0.3) is 0 Å². The zero-order valence-corrected chi connectivity index (χ0v) is 11.6. The van der Waals surface area contributed by atoms with Gasteiger partial charge in [-0.2, -0.15) is 0 Å². The van der Waals surface area contributed by atoms with Gasteiger partial charge >= 0.3 is 0 Å². The second-order valence-corrected chi connectivity index (χ2v) is 6.23. The fourth-order valence-electron chi connectivity index (χ4n) is 1.65. The fraction of sp³-hybridized carbons (Fsp3) is 0.333. The highest BCUT2D eigenvalue weighted by molar-refractivity contribution is 7.15. The Balaban J connectivity index is 2.30. The maximum absolute atomic E-state index is 5.17. The summed E-state index contributed by atoms with van der Waals surface area (Å²) in [6.45, 7) is 6.74. The number of hydrogen-bond donors (Lipinski definition) is 0. The molecule has 17 heavy (non-hydrogen) atoms. The van der Waals surface area contributed by atoms with Crippen LogP contribution in [-0.4, -0.2) is 7.11 Å². The van der Waals surface area contributed by atoms with Crippen molar-refractivity contribution in [1.29, 1.82) is 0 Å². The van der Waals surface area contributed by atoms with Crippen LogP contribution >= 0.6 is 11.3 Å². The van der Waals surface area contributed by atoms with Crippen LogP contribution in [0.2, 0.25) is 0 Å². The predicted molar refractivity (Wildman–Crippen MR) is 75.0 cm³/mol. The van der Waals surface area contributed by atoms with Crippen molar-refractivity contribution >= 4 is 11.3 Å². The molecule has 0 aliphatic carbocycles. The summed E-state index contributed by atoms with van der Waals surface area (Å²) in [5, 5.41) is 0. The standard InChI is InChI=1S/C15H18OS/c1-15(2,3)14-10-9-13(17-14)11-5-7-12(16-4)8-6-11/h5-10H,1-4H3. The normalized spacial score (nSPS) is 11.5.